The number of aromatic amines is 1. The van der Waals surface area contributed by atoms with Crippen molar-refractivity contribution in [3.63, 3.8) is 0 Å². The molecule has 4 aromatic rings. The minimum atomic E-state index is -0.558. The first-order chi connectivity index (χ1) is 14.4. The van der Waals surface area contributed by atoms with E-state index in [4.69, 9.17) is 0 Å². The average Bonchev–Trinajstić information content (AvgIpc) is 3.11. The third kappa shape index (κ3) is 3.95. The number of hydrogen-bond acceptors (Lipinski definition) is 5. The molecular weight excluding hydrogens is 400 g/mol. The van der Waals surface area contributed by atoms with Gasteiger partial charge in [0.15, 0.2) is 4.96 Å². The second-order valence-electron chi connectivity index (χ2n) is 7.12. The van der Waals surface area contributed by atoms with Crippen LogP contribution in [0.25, 0.3) is 4.96 Å². The van der Waals surface area contributed by atoms with Crippen LogP contribution in [-0.4, -0.2) is 20.3 Å². The Kier molecular flexibility index (Phi) is 5.33. The molecule has 8 heteroatoms. The van der Waals surface area contributed by atoms with Crippen LogP contribution in [0.1, 0.15) is 37.6 Å². The van der Waals surface area contributed by atoms with Crippen molar-refractivity contribution in [1.29, 1.82) is 0 Å². The van der Waals surface area contributed by atoms with Crippen LogP contribution in [0.15, 0.2) is 58.4 Å². The molecular formula is C22H20N4O3S. The van der Waals surface area contributed by atoms with Crippen molar-refractivity contribution >= 4 is 22.2 Å². The zero-order valence-electron chi connectivity index (χ0n) is 16.6. The number of carbonyl (C=O) groups is 1. The second-order valence-corrected chi connectivity index (χ2v) is 8.21. The summed E-state index contributed by atoms with van der Waals surface area (Å²) in [5.41, 5.74) is 2.40. The van der Waals surface area contributed by atoms with Crippen LogP contribution in [0.2, 0.25) is 0 Å². The fourth-order valence-corrected chi connectivity index (χ4v) is 4.30. The van der Waals surface area contributed by atoms with E-state index in [0.29, 0.717) is 16.9 Å². The van der Waals surface area contributed by atoms with Crippen molar-refractivity contribution in [2.45, 2.75) is 26.8 Å². The molecule has 0 aliphatic rings. The summed E-state index contributed by atoms with van der Waals surface area (Å²) >= 11 is 1.42. The highest BCUT2D eigenvalue weighted by Crippen LogP contribution is 2.18. The highest BCUT2D eigenvalue weighted by molar-refractivity contribution is 7.17. The molecule has 152 valence electrons. The van der Waals surface area contributed by atoms with Crippen molar-refractivity contribution in [2.75, 3.05) is 0 Å². The number of rotatable bonds is 5. The lowest BCUT2D eigenvalue weighted by atomic mass is 10.1. The highest BCUT2D eigenvalue weighted by Gasteiger charge is 2.16. The number of aryl methyl sites for hydroxylation is 2. The van der Waals surface area contributed by atoms with Gasteiger partial charge in [-0.25, -0.2) is 4.98 Å². The van der Waals surface area contributed by atoms with Crippen molar-refractivity contribution < 1.29 is 4.79 Å². The van der Waals surface area contributed by atoms with E-state index in [2.05, 4.69) is 15.3 Å². The van der Waals surface area contributed by atoms with Crippen LogP contribution in [0.5, 0.6) is 0 Å². The van der Waals surface area contributed by atoms with Crippen molar-refractivity contribution in [3.05, 3.63) is 102 Å². The molecule has 0 bridgehead atoms. The number of pyridine rings is 1. The molecule has 3 aromatic heterocycles. The molecule has 0 fully saturated rings. The number of fused-ring (bicyclic) bond motifs is 1. The molecule has 30 heavy (non-hydrogen) atoms. The van der Waals surface area contributed by atoms with E-state index in [9.17, 15) is 14.4 Å². The van der Waals surface area contributed by atoms with Crippen molar-refractivity contribution in [1.82, 2.24) is 19.7 Å². The number of benzene rings is 1. The van der Waals surface area contributed by atoms with Gasteiger partial charge >= 0.3 is 0 Å². The summed E-state index contributed by atoms with van der Waals surface area (Å²) in [5.74, 6) is -0.558. The lowest BCUT2D eigenvalue weighted by Crippen LogP contribution is -2.32. The third-order valence-electron chi connectivity index (χ3n) is 4.84. The van der Waals surface area contributed by atoms with Crippen LogP contribution in [-0.2, 0) is 13.0 Å². The van der Waals surface area contributed by atoms with Gasteiger partial charge in [0.2, 0.25) is 0 Å². The Balaban J connectivity index is 1.57. The summed E-state index contributed by atoms with van der Waals surface area (Å²) in [6.07, 6.45) is 3.71. The van der Waals surface area contributed by atoms with Gasteiger partial charge in [-0.2, -0.15) is 0 Å². The molecule has 7 nitrogen and oxygen atoms in total. The number of hydrogen-bond donors (Lipinski definition) is 2. The van der Waals surface area contributed by atoms with Gasteiger partial charge < -0.3 is 10.3 Å². The van der Waals surface area contributed by atoms with E-state index in [1.807, 2.05) is 43.3 Å². The quantitative estimate of drug-likeness (QED) is 0.519. The number of nitrogens with zero attached hydrogens (tertiary/aromatic N) is 2. The molecule has 0 radical (unpaired) electrons. The summed E-state index contributed by atoms with van der Waals surface area (Å²) in [6, 6.07) is 11.8. The minimum Gasteiger partial charge on any atom is -0.348 e. The number of amides is 1. The van der Waals surface area contributed by atoms with E-state index in [-0.39, 0.29) is 17.7 Å². The van der Waals surface area contributed by atoms with E-state index >= 15 is 0 Å². The maximum atomic E-state index is 12.8. The van der Waals surface area contributed by atoms with Gasteiger partial charge in [0.1, 0.15) is 5.56 Å². The van der Waals surface area contributed by atoms with E-state index in [1.54, 1.807) is 13.1 Å². The van der Waals surface area contributed by atoms with Gasteiger partial charge in [-0.05, 0) is 31.0 Å². The topological polar surface area (TPSA) is 96.3 Å². The Morgan fingerprint density at radius 2 is 1.97 bits per heavy atom. The van der Waals surface area contributed by atoms with Crippen LogP contribution >= 0.6 is 11.3 Å². The first-order valence-corrected chi connectivity index (χ1v) is 10.3. The van der Waals surface area contributed by atoms with Gasteiger partial charge in [0.25, 0.3) is 17.0 Å². The first-order valence-electron chi connectivity index (χ1n) is 9.44. The molecule has 1 amide bonds. The van der Waals surface area contributed by atoms with Gasteiger partial charge in [-0.1, -0.05) is 30.3 Å². The normalized spacial score (nSPS) is 11.0. The molecule has 0 saturated carbocycles. The van der Waals surface area contributed by atoms with Crippen LogP contribution in [0, 0.1) is 13.8 Å². The standard InChI is InChI=1S/C22H20N4O3S/c1-13-8-14(2)25-20(28)17(13)10-23-19(27)18-11-24-22-26(21(18)29)12-16(30-22)9-15-6-4-3-5-7-15/h3-8,11-12H,9-10H2,1-2H3,(H,23,27)(H,25,28). The molecule has 2 N–H and O–H groups in total. The Labute approximate surface area is 176 Å². The monoisotopic (exact) mass is 420 g/mol. The summed E-state index contributed by atoms with van der Waals surface area (Å²) in [7, 11) is 0. The molecule has 0 aliphatic heterocycles. The van der Waals surface area contributed by atoms with Gasteiger partial charge in [-0.15, -0.1) is 11.3 Å². The van der Waals surface area contributed by atoms with Crippen molar-refractivity contribution in [3.8, 4) is 0 Å². The van der Waals surface area contributed by atoms with Crippen LogP contribution in [0.3, 0.4) is 0 Å². The molecule has 0 atom stereocenters. The molecule has 3 heterocycles. The van der Waals surface area contributed by atoms with E-state index in [1.165, 1.54) is 21.9 Å². The second kappa shape index (κ2) is 8.08. The number of nitrogens with one attached hydrogen (secondary N) is 2. The largest absolute Gasteiger partial charge is 0.348 e. The number of carbonyl (C=O) groups excluding carboxylic acids is 1. The lowest BCUT2D eigenvalue weighted by Gasteiger charge is -2.08. The van der Waals surface area contributed by atoms with Crippen LogP contribution < -0.4 is 16.4 Å². The first kappa shape index (κ1) is 19.8. The molecule has 0 unspecified atom stereocenters. The van der Waals surface area contributed by atoms with Gasteiger partial charge in [0, 0.05) is 41.5 Å². The van der Waals surface area contributed by atoms with E-state index < -0.39 is 11.5 Å². The van der Waals surface area contributed by atoms with Crippen molar-refractivity contribution in [2.24, 2.45) is 0 Å². The maximum Gasteiger partial charge on any atom is 0.271 e. The van der Waals surface area contributed by atoms with Crippen LogP contribution in [0.4, 0.5) is 0 Å². The van der Waals surface area contributed by atoms with Gasteiger partial charge in [-0.3, -0.25) is 18.8 Å². The molecule has 1 aromatic carbocycles. The average molecular weight is 420 g/mol. The third-order valence-corrected chi connectivity index (χ3v) is 5.84. The number of thiazole rings is 1. The summed E-state index contributed by atoms with van der Waals surface area (Å²) < 4.78 is 1.40. The summed E-state index contributed by atoms with van der Waals surface area (Å²) in [4.78, 5) is 46.1. The summed E-state index contributed by atoms with van der Waals surface area (Å²) in [6.45, 7) is 3.64. The Morgan fingerprint density at radius 3 is 2.70 bits per heavy atom. The molecule has 0 saturated heterocycles. The summed E-state index contributed by atoms with van der Waals surface area (Å²) in [5, 5.41) is 2.66. The smallest absolute Gasteiger partial charge is 0.271 e. The maximum absolute atomic E-state index is 12.8. The fourth-order valence-electron chi connectivity index (χ4n) is 3.33. The number of H-pyrrole nitrogens is 1. The predicted octanol–water partition coefficient (Wildman–Crippen LogP) is 2.58. The SMILES string of the molecule is Cc1cc(C)c(CNC(=O)c2cnc3sc(Cc4ccccc4)cn3c2=O)c(=O)[nH]1. The predicted molar refractivity (Wildman–Crippen MR) is 116 cm³/mol. The van der Waals surface area contributed by atoms with Gasteiger partial charge in [0.05, 0.1) is 0 Å². The lowest BCUT2D eigenvalue weighted by molar-refractivity contribution is 0.0948. The highest BCUT2D eigenvalue weighted by atomic mass is 32.1. The Morgan fingerprint density at radius 1 is 1.20 bits per heavy atom. The fraction of sp³-hybridized carbons (Fsp3) is 0.182. The van der Waals surface area contributed by atoms with E-state index in [0.717, 1.165) is 21.7 Å². The molecule has 0 aliphatic carbocycles. The Bertz CT molecular complexity index is 1350. The number of aromatic nitrogens is 3. The molecule has 0 spiro atoms. The zero-order chi connectivity index (χ0) is 21.3. The zero-order valence-corrected chi connectivity index (χ0v) is 17.4. The molecule has 4 rings (SSSR count). The Hall–Kier alpha value is -3.52. The minimum absolute atomic E-state index is 0.0331.